The molecule has 0 amide bonds. The van der Waals surface area contributed by atoms with Crippen molar-refractivity contribution in [1.29, 1.82) is 0 Å². The molecule has 3 N–H and O–H groups in total. The average molecular weight is 320 g/mol. The summed E-state index contributed by atoms with van der Waals surface area (Å²) < 4.78 is 33.1. The molecule has 3 atom stereocenters. The smallest absolute Gasteiger partial charge is 0.129 e. The first-order valence-corrected chi connectivity index (χ1v) is 7.69. The van der Waals surface area contributed by atoms with Crippen LogP contribution >= 0.6 is 0 Å². The van der Waals surface area contributed by atoms with Crippen LogP contribution in [0.1, 0.15) is 29.3 Å². The van der Waals surface area contributed by atoms with Gasteiger partial charge in [0.15, 0.2) is 0 Å². The Hall–Kier alpha value is -1.83. The number of benzene rings is 1. The normalized spacial score (nSPS) is 28.0. The lowest BCUT2D eigenvalue weighted by Crippen LogP contribution is -2.47. The number of hydrogen-bond donors (Lipinski definition) is 2. The predicted octanol–water partition coefficient (Wildman–Crippen LogP) is 1.86. The van der Waals surface area contributed by atoms with Gasteiger partial charge in [-0.25, -0.2) is 8.78 Å². The first-order valence-electron chi connectivity index (χ1n) is 7.69. The summed E-state index contributed by atoms with van der Waals surface area (Å²) in [7, 11) is 0. The van der Waals surface area contributed by atoms with Crippen molar-refractivity contribution in [3.05, 3.63) is 52.9 Å². The van der Waals surface area contributed by atoms with Crippen LogP contribution in [0.3, 0.4) is 0 Å². The molecule has 0 unspecified atom stereocenters. The van der Waals surface area contributed by atoms with Gasteiger partial charge in [0, 0.05) is 36.3 Å². The Morgan fingerprint density at radius 3 is 2.96 bits per heavy atom. The molecule has 2 aliphatic heterocycles. The highest BCUT2D eigenvalue weighted by Gasteiger charge is 2.36. The number of rotatable bonds is 2. The van der Waals surface area contributed by atoms with E-state index in [0.717, 1.165) is 30.9 Å². The fourth-order valence-corrected chi connectivity index (χ4v) is 3.50. The fourth-order valence-electron chi connectivity index (χ4n) is 3.50. The van der Waals surface area contributed by atoms with E-state index >= 15 is 0 Å². The van der Waals surface area contributed by atoms with Gasteiger partial charge in [-0.1, -0.05) is 0 Å². The standard InChI is InChI=1S/C16H18F2N4O/c17-10-1-2-13(18)12(3-10)16-14(19)4-11(8-23-16)22-6-9-5-20-21-15(9)7-22/h1-3,5,11,14,16H,4,6-8,19H2,(H,20,21)/t11-,14-,16+/m1/s1. The molecule has 122 valence electrons. The third-order valence-electron chi connectivity index (χ3n) is 4.72. The lowest BCUT2D eigenvalue weighted by molar-refractivity contribution is -0.0533. The van der Waals surface area contributed by atoms with Gasteiger partial charge in [0.25, 0.3) is 0 Å². The molecule has 7 heteroatoms. The number of nitrogens with zero attached hydrogens (tertiary/aromatic N) is 2. The van der Waals surface area contributed by atoms with Gasteiger partial charge >= 0.3 is 0 Å². The Labute approximate surface area is 132 Å². The zero-order chi connectivity index (χ0) is 16.0. The van der Waals surface area contributed by atoms with E-state index < -0.39 is 17.7 Å². The van der Waals surface area contributed by atoms with Crippen molar-refractivity contribution in [2.75, 3.05) is 6.61 Å². The summed E-state index contributed by atoms with van der Waals surface area (Å²) in [5.74, 6) is -0.961. The summed E-state index contributed by atoms with van der Waals surface area (Å²) in [6, 6.07) is 3.18. The monoisotopic (exact) mass is 320 g/mol. The lowest BCUT2D eigenvalue weighted by Gasteiger charge is -2.38. The molecule has 1 aromatic heterocycles. The van der Waals surface area contributed by atoms with Crippen LogP contribution in [0.25, 0.3) is 0 Å². The maximum Gasteiger partial charge on any atom is 0.129 e. The van der Waals surface area contributed by atoms with E-state index in [1.54, 1.807) is 0 Å². The van der Waals surface area contributed by atoms with Crippen LogP contribution in [-0.4, -0.2) is 33.8 Å². The minimum atomic E-state index is -0.607. The molecule has 5 nitrogen and oxygen atoms in total. The third kappa shape index (κ3) is 2.65. The van der Waals surface area contributed by atoms with E-state index in [9.17, 15) is 8.78 Å². The Balaban J connectivity index is 1.46. The summed E-state index contributed by atoms with van der Waals surface area (Å²) in [4.78, 5) is 2.28. The highest BCUT2D eigenvalue weighted by atomic mass is 19.1. The summed E-state index contributed by atoms with van der Waals surface area (Å²) in [5, 5.41) is 7.01. The largest absolute Gasteiger partial charge is 0.370 e. The number of aromatic amines is 1. The van der Waals surface area contributed by atoms with Crippen LogP contribution in [-0.2, 0) is 17.8 Å². The Bertz CT molecular complexity index is 699. The molecular formula is C16H18F2N4O. The second-order valence-corrected chi connectivity index (χ2v) is 6.25. The summed E-state index contributed by atoms with van der Waals surface area (Å²) in [6.45, 7) is 2.05. The van der Waals surface area contributed by atoms with Crippen LogP contribution in [0, 0.1) is 11.6 Å². The summed E-state index contributed by atoms with van der Waals surface area (Å²) >= 11 is 0. The van der Waals surface area contributed by atoms with E-state index in [0.29, 0.717) is 13.0 Å². The van der Waals surface area contributed by atoms with Crippen molar-refractivity contribution in [3.8, 4) is 0 Å². The predicted molar refractivity (Wildman–Crippen MR) is 79.3 cm³/mol. The SMILES string of the molecule is N[C@@H]1C[C@@H](N2Cc3cn[nH]c3C2)CO[C@H]1c1cc(F)ccc1F. The molecule has 0 spiro atoms. The second-order valence-electron chi connectivity index (χ2n) is 6.25. The highest BCUT2D eigenvalue weighted by molar-refractivity contribution is 5.24. The maximum atomic E-state index is 13.9. The third-order valence-corrected chi connectivity index (χ3v) is 4.72. The van der Waals surface area contributed by atoms with Gasteiger partial charge < -0.3 is 10.5 Å². The van der Waals surface area contributed by atoms with Crippen molar-refractivity contribution in [2.45, 2.75) is 37.7 Å². The molecule has 3 heterocycles. The quantitative estimate of drug-likeness (QED) is 0.886. The Morgan fingerprint density at radius 1 is 1.30 bits per heavy atom. The van der Waals surface area contributed by atoms with Crippen molar-refractivity contribution in [3.63, 3.8) is 0 Å². The van der Waals surface area contributed by atoms with Gasteiger partial charge in [-0.3, -0.25) is 10.00 Å². The topological polar surface area (TPSA) is 67.2 Å². The average Bonchev–Trinajstić information content (AvgIpc) is 3.11. The number of nitrogens with one attached hydrogen (secondary N) is 1. The molecule has 0 saturated carbocycles. The van der Waals surface area contributed by atoms with Crippen LogP contribution in [0.5, 0.6) is 0 Å². The molecule has 2 aliphatic rings. The number of nitrogens with two attached hydrogens (primary N) is 1. The number of halogens is 2. The second kappa shape index (κ2) is 5.67. The van der Waals surface area contributed by atoms with Gasteiger partial charge in [-0.15, -0.1) is 0 Å². The molecule has 0 aliphatic carbocycles. The molecule has 0 bridgehead atoms. The van der Waals surface area contributed by atoms with Crippen molar-refractivity contribution >= 4 is 0 Å². The summed E-state index contributed by atoms with van der Waals surface area (Å²) in [6.07, 6.45) is 1.91. The van der Waals surface area contributed by atoms with E-state index in [4.69, 9.17) is 10.5 Å². The molecule has 23 heavy (non-hydrogen) atoms. The molecule has 2 aromatic rings. The molecular weight excluding hydrogens is 302 g/mol. The molecule has 4 rings (SSSR count). The number of fused-ring (bicyclic) bond motifs is 1. The van der Waals surface area contributed by atoms with Crippen molar-refractivity contribution in [2.24, 2.45) is 5.73 Å². The number of hydrogen-bond acceptors (Lipinski definition) is 4. The number of H-pyrrole nitrogens is 1. The Kier molecular flexibility index (Phi) is 3.63. The van der Waals surface area contributed by atoms with Gasteiger partial charge in [0.2, 0.25) is 0 Å². The summed E-state index contributed by atoms with van der Waals surface area (Å²) in [5.41, 5.74) is 8.72. The van der Waals surface area contributed by atoms with Gasteiger partial charge in [0.05, 0.1) is 18.5 Å². The van der Waals surface area contributed by atoms with E-state index in [1.807, 2.05) is 6.20 Å². The van der Waals surface area contributed by atoms with Crippen LogP contribution in [0.4, 0.5) is 8.78 Å². The molecule has 0 radical (unpaired) electrons. The van der Waals surface area contributed by atoms with E-state index in [2.05, 4.69) is 15.1 Å². The highest BCUT2D eigenvalue weighted by Crippen LogP contribution is 2.33. The van der Waals surface area contributed by atoms with Crippen LogP contribution in [0.15, 0.2) is 24.4 Å². The van der Waals surface area contributed by atoms with Gasteiger partial charge in [0.1, 0.15) is 17.7 Å². The molecule has 1 fully saturated rings. The zero-order valence-electron chi connectivity index (χ0n) is 12.5. The minimum Gasteiger partial charge on any atom is -0.370 e. The van der Waals surface area contributed by atoms with Crippen LogP contribution < -0.4 is 5.73 Å². The van der Waals surface area contributed by atoms with E-state index in [1.165, 1.54) is 11.6 Å². The van der Waals surface area contributed by atoms with Crippen LogP contribution in [0.2, 0.25) is 0 Å². The zero-order valence-corrected chi connectivity index (χ0v) is 12.5. The minimum absolute atomic E-state index is 0.165. The Morgan fingerprint density at radius 2 is 2.17 bits per heavy atom. The van der Waals surface area contributed by atoms with E-state index in [-0.39, 0.29) is 17.6 Å². The van der Waals surface area contributed by atoms with Crippen molar-refractivity contribution < 1.29 is 13.5 Å². The first kappa shape index (κ1) is 14.7. The van der Waals surface area contributed by atoms with Gasteiger partial charge in [-0.05, 0) is 24.6 Å². The van der Waals surface area contributed by atoms with Crippen molar-refractivity contribution in [1.82, 2.24) is 15.1 Å². The van der Waals surface area contributed by atoms with Gasteiger partial charge in [-0.2, -0.15) is 5.10 Å². The molecule has 1 aromatic carbocycles. The number of ether oxygens (including phenoxy) is 1. The maximum absolute atomic E-state index is 13.9. The number of aromatic nitrogens is 2. The first-order chi connectivity index (χ1) is 11.1. The fraction of sp³-hybridized carbons (Fsp3) is 0.438. The lowest BCUT2D eigenvalue weighted by atomic mass is 9.93. The molecule has 1 saturated heterocycles.